The van der Waals surface area contributed by atoms with Crippen molar-refractivity contribution in [1.29, 1.82) is 0 Å². The number of aryl methyl sites for hydroxylation is 1. The Morgan fingerprint density at radius 1 is 1.14 bits per heavy atom. The number of morpholine rings is 1. The highest BCUT2D eigenvalue weighted by Crippen LogP contribution is 2.40. The predicted molar refractivity (Wildman–Crippen MR) is 139 cm³/mol. The Bertz CT molecular complexity index is 1350. The molecular weight excluding hydrogens is 472 g/mol. The number of rotatable bonds is 9. The van der Waals surface area contributed by atoms with Crippen LogP contribution in [0.15, 0.2) is 76.9 Å². The van der Waals surface area contributed by atoms with Crippen LogP contribution in [0.1, 0.15) is 27.7 Å². The number of benzene rings is 2. The highest BCUT2D eigenvalue weighted by molar-refractivity contribution is 6.16. The van der Waals surface area contributed by atoms with Gasteiger partial charge in [0, 0.05) is 31.6 Å². The fourth-order valence-corrected chi connectivity index (χ4v) is 4.85. The van der Waals surface area contributed by atoms with Crippen LogP contribution in [-0.2, 0) is 9.53 Å². The minimum absolute atomic E-state index is 0.0162. The molecule has 8 heteroatoms. The van der Waals surface area contributed by atoms with Crippen molar-refractivity contribution in [3.63, 3.8) is 0 Å². The molecule has 8 nitrogen and oxygen atoms in total. The zero-order valence-corrected chi connectivity index (χ0v) is 20.8. The van der Waals surface area contributed by atoms with Crippen molar-refractivity contribution < 1.29 is 28.6 Å². The third kappa shape index (κ3) is 5.03. The number of amides is 1. The Kier molecular flexibility index (Phi) is 7.12. The summed E-state index contributed by atoms with van der Waals surface area (Å²) >= 11 is 0. The molecule has 1 atom stereocenters. The molecule has 1 saturated heterocycles. The van der Waals surface area contributed by atoms with Crippen LogP contribution in [0.25, 0.3) is 11.0 Å². The molecule has 3 aromatic rings. The van der Waals surface area contributed by atoms with Crippen LogP contribution in [0.5, 0.6) is 5.75 Å². The molecule has 1 N–H and O–H groups in total. The van der Waals surface area contributed by atoms with Gasteiger partial charge in [0.15, 0.2) is 11.5 Å². The van der Waals surface area contributed by atoms with E-state index in [1.165, 1.54) is 0 Å². The SMILES string of the molecule is C=CCOc1ccc(C2C(C(=O)c3cc4cc(C)ccc4o3)=C(O)C(=O)N2CCN2CCOCC2)cc1. The molecule has 5 rings (SSSR count). The van der Waals surface area contributed by atoms with Crippen molar-refractivity contribution in [2.75, 3.05) is 46.0 Å². The zero-order valence-electron chi connectivity index (χ0n) is 20.8. The lowest BCUT2D eigenvalue weighted by atomic mass is 9.95. The second-order valence-electron chi connectivity index (χ2n) is 9.27. The third-order valence-electron chi connectivity index (χ3n) is 6.77. The molecule has 37 heavy (non-hydrogen) atoms. The van der Waals surface area contributed by atoms with Gasteiger partial charge in [0.25, 0.3) is 5.91 Å². The summed E-state index contributed by atoms with van der Waals surface area (Å²) in [5, 5.41) is 11.8. The van der Waals surface area contributed by atoms with Crippen LogP contribution in [0.3, 0.4) is 0 Å². The van der Waals surface area contributed by atoms with Gasteiger partial charge in [0.2, 0.25) is 5.78 Å². The topological polar surface area (TPSA) is 92.5 Å². The molecule has 192 valence electrons. The van der Waals surface area contributed by atoms with Crippen LogP contribution < -0.4 is 4.74 Å². The number of furan rings is 1. The molecule has 1 unspecified atom stereocenters. The number of fused-ring (bicyclic) bond motifs is 1. The van der Waals surface area contributed by atoms with Gasteiger partial charge < -0.3 is 23.9 Å². The summed E-state index contributed by atoms with van der Waals surface area (Å²) < 4.78 is 16.9. The van der Waals surface area contributed by atoms with Gasteiger partial charge in [-0.1, -0.05) is 36.4 Å². The Morgan fingerprint density at radius 3 is 2.62 bits per heavy atom. The van der Waals surface area contributed by atoms with E-state index in [0.29, 0.717) is 49.8 Å². The fraction of sp³-hybridized carbons (Fsp3) is 0.310. The van der Waals surface area contributed by atoms with Gasteiger partial charge in [-0.3, -0.25) is 14.5 Å². The van der Waals surface area contributed by atoms with Crippen molar-refractivity contribution >= 4 is 22.7 Å². The van der Waals surface area contributed by atoms with E-state index in [2.05, 4.69) is 11.5 Å². The van der Waals surface area contributed by atoms with E-state index in [4.69, 9.17) is 13.9 Å². The number of hydrogen-bond acceptors (Lipinski definition) is 7. The minimum atomic E-state index is -0.760. The van der Waals surface area contributed by atoms with E-state index >= 15 is 0 Å². The standard InChI is InChI=1S/C29H30N2O6/c1-3-14-36-22-7-5-20(6-8-22)26-25(27(32)24-18-21-17-19(2)4-9-23(21)37-24)28(33)29(34)31(26)11-10-30-12-15-35-16-13-30/h3-9,17-18,26,33H,1,10-16H2,2H3. The second kappa shape index (κ2) is 10.6. The van der Waals surface area contributed by atoms with E-state index in [1.54, 1.807) is 29.2 Å². The molecule has 0 spiro atoms. The number of ether oxygens (including phenoxy) is 2. The Balaban J connectivity index is 1.49. The number of aliphatic hydroxyl groups excluding tert-OH is 1. The van der Waals surface area contributed by atoms with Crippen LogP contribution in [-0.4, -0.2) is 72.6 Å². The van der Waals surface area contributed by atoms with Gasteiger partial charge in [-0.05, 0) is 42.8 Å². The first-order valence-corrected chi connectivity index (χ1v) is 12.4. The first-order valence-electron chi connectivity index (χ1n) is 12.4. The first-order chi connectivity index (χ1) is 18.0. The zero-order chi connectivity index (χ0) is 25.9. The quantitative estimate of drug-likeness (QED) is 0.346. The second-order valence-corrected chi connectivity index (χ2v) is 9.27. The molecule has 0 radical (unpaired) electrons. The van der Waals surface area contributed by atoms with Gasteiger partial charge >= 0.3 is 0 Å². The maximum Gasteiger partial charge on any atom is 0.290 e. The molecule has 1 amide bonds. The average Bonchev–Trinajstić information content (AvgIpc) is 3.45. The number of nitrogens with zero attached hydrogens (tertiary/aromatic N) is 2. The number of Topliss-reactive ketones (excluding diaryl/α,β-unsaturated/α-hetero) is 1. The Labute approximate surface area is 215 Å². The summed E-state index contributed by atoms with van der Waals surface area (Å²) in [5.74, 6) is -0.894. The molecule has 2 aliphatic heterocycles. The average molecular weight is 503 g/mol. The summed E-state index contributed by atoms with van der Waals surface area (Å²) in [5.41, 5.74) is 2.32. The highest BCUT2D eigenvalue weighted by atomic mass is 16.5. The molecule has 2 aliphatic rings. The molecule has 2 aromatic carbocycles. The fourth-order valence-electron chi connectivity index (χ4n) is 4.85. The highest BCUT2D eigenvalue weighted by Gasteiger charge is 2.44. The van der Waals surface area contributed by atoms with Crippen molar-refractivity contribution in [2.24, 2.45) is 0 Å². The van der Waals surface area contributed by atoms with E-state index in [1.807, 2.05) is 37.3 Å². The van der Waals surface area contributed by atoms with Crippen LogP contribution >= 0.6 is 0 Å². The predicted octanol–water partition coefficient (Wildman–Crippen LogP) is 4.22. The van der Waals surface area contributed by atoms with Gasteiger partial charge in [-0.15, -0.1) is 0 Å². The molecule has 1 aromatic heterocycles. The first kappa shape index (κ1) is 24.8. The number of hydrogen-bond donors (Lipinski definition) is 1. The van der Waals surface area contributed by atoms with Gasteiger partial charge in [0.05, 0.1) is 24.8 Å². The summed E-state index contributed by atoms with van der Waals surface area (Å²) in [6.45, 7) is 9.75. The molecule has 3 heterocycles. The number of carbonyl (C=O) groups excluding carboxylic acids is 2. The Morgan fingerprint density at radius 2 is 1.89 bits per heavy atom. The lowest BCUT2D eigenvalue weighted by Gasteiger charge is -2.31. The number of aliphatic hydroxyl groups is 1. The van der Waals surface area contributed by atoms with E-state index in [-0.39, 0.29) is 11.3 Å². The largest absolute Gasteiger partial charge is 0.503 e. The number of carbonyl (C=O) groups is 2. The summed E-state index contributed by atoms with van der Waals surface area (Å²) in [7, 11) is 0. The molecule has 0 bridgehead atoms. The smallest absolute Gasteiger partial charge is 0.290 e. The van der Waals surface area contributed by atoms with Crippen molar-refractivity contribution in [1.82, 2.24) is 9.80 Å². The van der Waals surface area contributed by atoms with E-state index in [9.17, 15) is 14.7 Å². The van der Waals surface area contributed by atoms with Crippen molar-refractivity contribution in [3.8, 4) is 5.75 Å². The van der Waals surface area contributed by atoms with Crippen molar-refractivity contribution in [2.45, 2.75) is 13.0 Å². The summed E-state index contributed by atoms with van der Waals surface area (Å²) in [6.07, 6.45) is 1.66. The lowest BCUT2D eigenvalue weighted by molar-refractivity contribution is -0.129. The van der Waals surface area contributed by atoms with Crippen LogP contribution in [0.2, 0.25) is 0 Å². The number of ketones is 1. The minimum Gasteiger partial charge on any atom is -0.503 e. The normalized spacial score (nSPS) is 18.6. The van der Waals surface area contributed by atoms with Gasteiger partial charge in [0.1, 0.15) is 17.9 Å². The van der Waals surface area contributed by atoms with Crippen molar-refractivity contribution in [3.05, 3.63) is 89.4 Å². The molecular formula is C29H30N2O6. The van der Waals surface area contributed by atoms with Gasteiger partial charge in [-0.2, -0.15) is 0 Å². The summed E-state index contributed by atoms with van der Waals surface area (Å²) in [6, 6.07) is 13.7. The van der Waals surface area contributed by atoms with E-state index < -0.39 is 23.5 Å². The van der Waals surface area contributed by atoms with Crippen LogP contribution in [0.4, 0.5) is 0 Å². The third-order valence-corrected chi connectivity index (χ3v) is 6.77. The van der Waals surface area contributed by atoms with Gasteiger partial charge in [-0.25, -0.2) is 0 Å². The monoisotopic (exact) mass is 502 g/mol. The molecule has 0 aliphatic carbocycles. The maximum atomic E-state index is 13.7. The maximum absolute atomic E-state index is 13.7. The lowest BCUT2D eigenvalue weighted by Crippen LogP contribution is -2.43. The molecule has 0 saturated carbocycles. The Hall–Kier alpha value is -3.88. The summed E-state index contributed by atoms with van der Waals surface area (Å²) in [4.78, 5) is 30.8. The molecule has 1 fully saturated rings. The van der Waals surface area contributed by atoms with E-state index in [0.717, 1.165) is 24.0 Å². The van der Waals surface area contributed by atoms with Crippen LogP contribution in [0, 0.1) is 6.92 Å².